The van der Waals surface area contributed by atoms with Crippen molar-refractivity contribution in [3.05, 3.63) is 23.0 Å². The summed E-state index contributed by atoms with van der Waals surface area (Å²) in [7, 11) is 1.73. The highest BCUT2D eigenvalue weighted by atomic mass is 35.5. The van der Waals surface area contributed by atoms with E-state index >= 15 is 0 Å². The second kappa shape index (κ2) is 5.83. The molecular formula is C16H21ClN2O4. The summed E-state index contributed by atoms with van der Waals surface area (Å²) in [5.74, 6) is -0.910. The molecular weight excluding hydrogens is 320 g/mol. The second-order valence-electron chi connectivity index (χ2n) is 6.79. The molecule has 1 aromatic rings. The third kappa shape index (κ3) is 2.97. The van der Waals surface area contributed by atoms with Gasteiger partial charge in [0.25, 0.3) is 5.91 Å². The summed E-state index contributed by atoms with van der Waals surface area (Å²) in [6.07, 6.45) is 3.44. The van der Waals surface area contributed by atoms with Crippen molar-refractivity contribution < 1.29 is 19.8 Å². The third-order valence-corrected chi connectivity index (χ3v) is 5.24. The van der Waals surface area contributed by atoms with Crippen molar-refractivity contribution in [3.8, 4) is 0 Å². The van der Waals surface area contributed by atoms with Gasteiger partial charge in [-0.25, -0.2) is 0 Å². The molecule has 2 atom stereocenters. The number of hydrogen-bond donors (Lipinski definition) is 2. The van der Waals surface area contributed by atoms with E-state index in [1.807, 2.05) is 0 Å². The minimum Gasteiger partial charge on any atom is -0.481 e. The Morgan fingerprint density at radius 3 is 2.61 bits per heavy atom. The van der Waals surface area contributed by atoms with E-state index in [1.165, 1.54) is 4.90 Å². The van der Waals surface area contributed by atoms with E-state index in [0.29, 0.717) is 29.6 Å². The summed E-state index contributed by atoms with van der Waals surface area (Å²) in [5, 5.41) is 20.6. The summed E-state index contributed by atoms with van der Waals surface area (Å²) in [6, 6.07) is 1.58. The number of aliphatic hydroxyl groups is 1. The van der Waals surface area contributed by atoms with Crippen LogP contribution in [0.1, 0.15) is 36.2 Å². The van der Waals surface area contributed by atoms with Gasteiger partial charge < -0.3 is 19.7 Å². The fourth-order valence-corrected chi connectivity index (χ4v) is 3.74. The van der Waals surface area contributed by atoms with E-state index in [0.717, 1.165) is 12.8 Å². The topological polar surface area (TPSA) is 82.8 Å². The SMILES string of the molecule is Cn1cc(Cl)cc1C(=O)N1CC[C@H](O)[C@](CC2CC2)(C(=O)O)C1. The van der Waals surface area contributed by atoms with Gasteiger partial charge in [-0.05, 0) is 24.8 Å². The molecule has 1 aromatic heterocycles. The third-order valence-electron chi connectivity index (χ3n) is 5.04. The largest absolute Gasteiger partial charge is 0.481 e. The Morgan fingerprint density at radius 2 is 2.09 bits per heavy atom. The molecule has 1 saturated carbocycles. The number of aryl methyl sites for hydroxylation is 1. The normalized spacial score (nSPS) is 28.0. The van der Waals surface area contributed by atoms with Crippen LogP contribution >= 0.6 is 11.6 Å². The van der Waals surface area contributed by atoms with Crippen LogP contribution in [0.2, 0.25) is 5.02 Å². The summed E-state index contributed by atoms with van der Waals surface area (Å²) >= 11 is 5.93. The van der Waals surface area contributed by atoms with Crippen LogP contribution in [0.3, 0.4) is 0 Å². The molecule has 0 radical (unpaired) electrons. The minimum absolute atomic E-state index is 0.0433. The summed E-state index contributed by atoms with van der Waals surface area (Å²) in [6.45, 7) is 0.393. The lowest BCUT2D eigenvalue weighted by Gasteiger charge is -2.43. The number of rotatable bonds is 4. The Hall–Kier alpha value is -1.53. The Balaban J connectivity index is 1.85. The van der Waals surface area contributed by atoms with E-state index in [1.54, 1.807) is 23.9 Å². The fraction of sp³-hybridized carbons (Fsp3) is 0.625. The van der Waals surface area contributed by atoms with Crippen LogP contribution in [0.4, 0.5) is 0 Å². The first-order valence-corrected chi connectivity index (χ1v) is 8.24. The number of nitrogens with zero attached hydrogens (tertiary/aromatic N) is 2. The number of piperidine rings is 1. The number of aliphatic carboxylic acids is 1. The first kappa shape index (κ1) is 16.3. The van der Waals surface area contributed by atoms with Gasteiger partial charge in [0, 0.05) is 26.3 Å². The minimum atomic E-state index is -1.26. The van der Waals surface area contributed by atoms with Crippen molar-refractivity contribution in [2.24, 2.45) is 18.4 Å². The van der Waals surface area contributed by atoms with Crippen molar-refractivity contribution in [3.63, 3.8) is 0 Å². The van der Waals surface area contributed by atoms with Crippen LogP contribution in [0.5, 0.6) is 0 Å². The summed E-state index contributed by atoms with van der Waals surface area (Å²) in [4.78, 5) is 26.2. The maximum Gasteiger partial charge on any atom is 0.314 e. The highest BCUT2D eigenvalue weighted by Gasteiger charge is 2.52. The van der Waals surface area contributed by atoms with E-state index in [2.05, 4.69) is 0 Å². The van der Waals surface area contributed by atoms with Crippen LogP contribution in [-0.2, 0) is 11.8 Å². The number of aliphatic hydroxyl groups excluding tert-OH is 1. The van der Waals surface area contributed by atoms with E-state index in [9.17, 15) is 19.8 Å². The number of carbonyl (C=O) groups is 2. The zero-order valence-corrected chi connectivity index (χ0v) is 13.8. The number of hydrogen-bond acceptors (Lipinski definition) is 3. The highest BCUT2D eigenvalue weighted by Crippen LogP contribution is 2.45. The van der Waals surface area contributed by atoms with Crippen LogP contribution in [0.15, 0.2) is 12.3 Å². The number of aromatic nitrogens is 1. The first-order chi connectivity index (χ1) is 10.8. The lowest BCUT2D eigenvalue weighted by Crippen LogP contribution is -2.57. The number of amides is 1. The Kier molecular flexibility index (Phi) is 4.14. The monoisotopic (exact) mass is 340 g/mol. The number of carboxylic acid groups (broad SMARTS) is 1. The summed E-state index contributed by atoms with van der Waals surface area (Å²) < 4.78 is 1.64. The van der Waals surface area contributed by atoms with Gasteiger partial charge in [-0.3, -0.25) is 9.59 Å². The molecule has 0 unspecified atom stereocenters. The van der Waals surface area contributed by atoms with Crippen molar-refractivity contribution in [1.82, 2.24) is 9.47 Å². The van der Waals surface area contributed by atoms with Crippen molar-refractivity contribution >= 4 is 23.5 Å². The Morgan fingerprint density at radius 1 is 1.39 bits per heavy atom. The molecule has 2 N–H and O–H groups in total. The van der Waals surface area contributed by atoms with Crippen LogP contribution in [-0.4, -0.2) is 50.8 Å². The quantitative estimate of drug-likeness (QED) is 0.875. The van der Waals surface area contributed by atoms with E-state index in [4.69, 9.17) is 11.6 Å². The number of likely N-dealkylation sites (tertiary alicyclic amines) is 1. The first-order valence-electron chi connectivity index (χ1n) is 7.86. The predicted octanol–water partition coefficient (Wildman–Crippen LogP) is 1.76. The van der Waals surface area contributed by atoms with Crippen molar-refractivity contribution in [2.45, 2.75) is 31.8 Å². The van der Waals surface area contributed by atoms with E-state index in [-0.39, 0.29) is 18.9 Å². The molecule has 0 bridgehead atoms. The van der Waals surface area contributed by atoms with Gasteiger partial charge >= 0.3 is 5.97 Å². The van der Waals surface area contributed by atoms with Gasteiger partial charge in [0.15, 0.2) is 0 Å². The smallest absolute Gasteiger partial charge is 0.314 e. The Bertz CT molecular complexity index is 640. The maximum atomic E-state index is 12.7. The molecule has 2 aliphatic rings. The zero-order valence-electron chi connectivity index (χ0n) is 13.0. The van der Waals surface area contributed by atoms with Crippen molar-refractivity contribution in [1.29, 1.82) is 0 Å². The lowest BCUT2D eigenvalue weighted by atomic mass is 9.73. The average molecular weight is 341 g/mol. The lowest BCUT2D eigenvalue weighted by molar-refractivity contribution is -0.163. The molecule has 2 fully saturated rings. The maximum absolute atomic E-state index is 12.7. The molecule has 1 amide bonds. The average Bonchev–Trinajstić information content (AvgIpc) is 3.23. The van der Waals surface area contributed by atoms with Gasteiger partial charge in [-0.1, -0.05) is 24.4 Å². The van der Waals surface area contributed by atoms with Crippen LogP contribution in [0.25, 0.3) is 0 Å². The number of halogens is 1. The zero-order chi connectivity index (χ0) is 16.8. The van der Waals surface area contributed by atoms with Gasteiger partial charge in [-0.15, -0.1) is 0 Å². The molecule has 1 aliphatic heterocycles. The van der Waals surface area contributed by atoms with Crippen molar-refractivity contribution in [2.75, 3.05) is 13.1 Å². The standard InChI is InChI=1S/C16H21ClN2O4/c1-18-8-11(17)6-12(18)14(21)19-5-4-13(20)16(9-19,15(22)23)7-10-2-3-10/h6,8,10,13,20H,2-5,7,9H2,1H3,(H,22,23)/t13-,16+/m0/s1. The predicted molar refractivity (Wildman–Crippen MR) is 84.4 cm³/mol. The molecule has 0 aromatic carbocycles. The summed E-state index contributed by atoms with van der Waals surface area (Å²) in [5.41, 5.74) is -0.832. The molecule has 126 valence electrons. The van der Waals surface area contributed by atoms with Crippen LogP contribution in [0, 0.1) is 11.3 Å². The van der Waals surface area contributed by atoms with Gasteiger partial charge in [0.05, 0.1) is 11.1 Å². The molecule has 7 heteroatoms. The Labute approximate surface area is 139 Å². The highest BCUT2D eigenvalue weighted by molar-refractivity contribution is 6.31. The molecule has 1 aliphatic carbocycles. The second-order valence-corrected chi connectivity index (χ2v) is 7.23. The molecule has 0 spiro atoms. The number of carbonyl (C=O) groups excluding carboxylic acids is 1. The fourth-order valence-electron chi connectivity index (χ4n) is 3.49. The molecule has 3 rings (SSSR count). The van der Waals surface area contributed by atoms with Gasteiger partial charge in [-0.2, -0.15) is 0 Å². The molecule has 23 heavy (non-hydrogen) atoms. The van der Waals surface area contributed by atoms with Gasteiger partial charge in [0.2, 0.25) is 0 Å². The van der Waals surface area contributed by atoms with Crippen LogP contribution < -0.4 is 0 Å². The van der Waals surface area contributed by atoms with E-state index < -0.39 is 17.5 Å². The molecule has 1 saturated heterocycles. The number of carboxylic acids is 1. The molecule has 2 heterocycles. The molecule has 6 nitrogen and oxygen atoms in total. The van der Waals surface area contributed by atoms with Gasteiger partial charge in [0.1, 0.15) is 11.1 Å².